The van der Waals surface area contributed by atoms with Gasteiger partial charge in [-0.25, -0.2) is 0 Å². The Morgan fingerprint density at radius 1 is 1.29 bits per heavy atom. The van der Waals surface area contributed by atoms with Crippen molar-refractivity contribution in [2.24, 2.45) is 0 Å². The maximum Gasteiger partial charge on any atom is 0.315 e. The summed E-state index contributed by atoms with van der Waals surface area (Å²) in [5, 5.41) is 2.78. The van der Waals surface area contributed by atoms with Crippen LogP contribution in [-0.4, -0.2) is 18.4 Å². The van der Waals surface area contributed by atoms with Crippen molar-refractivity contribution in [3.05, 3.63) is 0 Å². The number of carbonyl (C=O) groups is 2. The van der Waals surface area contributed by atoms with Gasteiger partial charge in [0.15, 0.2) is 23.0 Å². The van der Waals surface area contributed by atoms with Gasteiger partial charge < -0.3 is 8.38 Å². The van der Waals surface area contributed by atoms with Crippen LogP contribution in [0.5, 0.6) is 0 Å². The molecule has 0 aromatic carbocycles. The molecule has 0 aliphatic heterocycles. The van der Waals surface area contributed by atoms with Crippen LogP contribution >= 0.6 is 23.0 Å². The lowest BCUT2D eigenvalue weighted by molar-refractivity contribution is -0.131. The quantitative estimate of drug-likeness (QED) is 0.577. The molecule has 14 heavy (non-hydrogen) atoms. The summed E-state index contributed by atoms with van der Waals surface area (Å²) in [6.45, 7) is 2.80. The number of rotatable bonds is 7. The standard InChI is InChI=1S/C9H16INO3/c1-2-3-7-11-8(12)5-4-6-9(13)14-10/h2-7H2,1H3,(H,11,12). The van der Waals surface area contributed by atoms with Crippen molar-refractivity contribution in [2.75, 3.05) is 6.54 Å². The zero-order valence-electron chi connectivity index (χ0n) is 8.35. The van der Waals surface area contributed by atoms with Crippen molar-refractivity contribution in [2.45, 2.75) is 39.0 Å². The highest BCUT2D eigenvalue weighted by molar-refractivity contribution is 14.1. The first-order valence-electron chi connectivity index (χ1n) is 4.78. The molecule has 0 atom stereocenters. The maximum absolute atomic E-state index is 11.1. The van der Waals surface area contributed by atoms with Crippen LogP contribution in [-0.2, 0) is 12.7 Å². The summed E-state index contributed by atoms with van der Waals surface area (Å²) < 4.78 is 4.43. The minimum absolute atomic E-state index is 0.0136. The number of halogens is 1. The molecule has 5 heteroatoms. The Morgan fingerprint density at radius 2 is 2.00 bits per heavy atom. The fourth-order valence-corrected chi connectivity index (χ4v) is 1.15. The number of carbonyl (C=O) groups excluding carboxylic acids is 2. The topological polar surface area (TPSA) is 55.4 Å². The molecule has 0 aliphatic rings. The van der Waals surface area contributed by atoms with E-state index >= 15 is 0 Å². The van der Waals surface area contributed by atoms with Gasteiger partial charge in [-0.3, -0.25) is 9.59 Å². The average molecular weight is 313 g/mol. The third-order valence-corrected chi connectivity index (χ3v) is 2.21. The maximum atomic E-state index is 11.1. The second-order valence-corrected chi connectivity index (χ2v) is 3.45. The summed E-state index contributed by atoms with van der Waals surface area (Å²) in [6.07, 6.45) is 3.34. The molecule has 1 N–H and O–H groups in total. The SMILES string of the molecule is CCCCNC(=O)CCCC(=O)OI. The normalized spacial score (nSPS) is 9.57. The number of amides is 1. The van der Waals surface area contributed by atoms with Crippen LogP contribution in [0, 0.1) is 0 Å². The van der Waals surface area contributed by atoms with E-state index in [9.17, 15) is 9.59 Å². The molecule has 0 saturated heterocycles. The molecule has 0 spiro atoms. The molecular formula is C9H16INO3. The van der Waals surface area contributed by atoms with Crippen LogP contribution in [0.1, 0.15) is 39.0 Å². The molecule has 0 aromatic rings. The Kier molecular flexibility index (Phi) is 9.02. The molecule has 0 rings (SSSR count). The van der Waals surface area contributed by atoms with Crippen molar-refractivity contribution in [1.82, 2.24) is 5.32 Å². The summed E-state index contributed by atoms with van der Waals surface area (Å²) in [5.74, 6) is -0.258. The number of hydrogen-bond donors (Lipinski definition) is 1. The second-order valence-electron chi connectivity index (χ2n) is 3.01. The Morgan fingerprint density at radius 3 is 2.57 bits per heavy atom. The van der Waals surface area contributed by atoms with E-state index in [2.05, 4.69) is 15.3 Å². The monoisotopic (exact) mass is 313 g/mol. The molecule has 0 heterocycles. The highest BCUT2D eigenvalue weighted by Gasteiger charge is 2.04. The van der Waals surface area contributed by atoms with Crippen LogP contribution in [0.4, 0.5) is 0 Å². The third-order valence-electron chi connectivity index (χ3n) is 1.72. The van der Waals surface area contributed by atoms with Crippen LogP contribution < -0.4 is 5.32 Å². The molecule has 0 aromatic heterocycles. The minimum atomic E-state index is -0.271. The number of nitrogens with one attached hydrogen (secondary N) is 1. The van der Waals surface area contributed by atoms with Gasteiger partial charge in [-0.2, -0.15) is 0 Å². The molecule has 0 saturated carbocycles. The van der Waals surface area contributed by atoms with Gasteiger partial charge in [0.2, 0.25) is 5.91 Å². The molecule has 82 valence electrons. The zero-order valence-corrected chi connectivity index (χ0v) is 10.5. The second kappa shape index (κ2) is 9.23. The van der Waals surface area contributed by atoms with Crippen molar-refractivity contribution in [1.29, 1.82) is 0 Å². The van der Waals surface area contributed by atoms with Gasteiger partial charge in [-0.1, -0.05) is 13.3 Å². The van der Waals surface area contributed by atoms with E-state index in [1.807, 2.05) is 0 Å². The van der Waals surface area contributed by atoms with E-state index in [1.165, 1.54) is 0 Å². The summed E-state index contributed by atoms with van der Waals surface area (Å²) in [6, 6.07) is 0. The van der Waals surface area contributed by atoms with Gasteiger partial charge in [0.1, 0.15) is 0 Å². The molecule has 0 radical (unpaired) electrons. The summed E-state index contributed by atoms with van der Waals surface area (Å²) in [4.78, 5) is 21.8. The van der Waals surface area contributed by atoms with Crippen LogP contribution in [0.3, 0.4) is 0 Å². The first-order chi connectivity index (χ1) is 6.70. The lowest BCUT2D eigenvalue weighted by Crippen LogP contribution is -2.24. The predicted octanol–water partition coefficient (Wildman–Crippen LogP) is 1.97. The van der Waals surface area contributed by atoms with Crippen LogP contribution in [0.25, 0.3) is 0 Å². The molecule has 0 aliphatic carbocycles. The van der Waals surface area contributed by atoms with Crippen molar-refractivity contribution in [3.63, 3.8) is 0 Å². The predicted molar refractivity (Wildman–Crippen MR) is 61.9 cm³/mol. The molecule has 4 nitrogen and oxygen atoms in total. The Balaban J connectivity index is 3.31. The van der Waals surface area contributed by atoms with E-state index in [1.54, 1.807) is 23.0 Å². The molecular weight excluding hydrogens is 297 g/mol. The fraction of sp³-hybridized carbons (Fsp3) is 0.778. The summed E-state index contributed by atoms with van der Waals surface area (Å²) >= 11 is 1.55. The van der Waals surface area contributed by atoms with E-state index in [0.29, 0.717) is 19.3 Å². The van der Waals surface area contributed by atoms with Crippen molar-refractivity contribution in [3.8, 4) is 0 Å². The first kappa shape index (κ1) is 13.7. The smallest absolute Gasteiger partial charge is 0.315 e. The van der Waals surface area contributed by atoms with E-state index in [0.717, 1.165) is 19.4 Å². The largest absolute Gasteiger partial charge is 0.394 e. The Hall–Kier alpha value is -0.330. The van der Waals surface area contributed by atoms with Gasteiger partial charge in [-0.15, -0.1) is 0 Å². The van der Waals surface area contributed by atoms with E-state index < -0.39 is 0 Å². The zero-order chi connectivity index (χ0) is 10.8. The molecule has 0 unspecified atom stereocenters. The van der Waals surface area contributed by atoms with Crippen LogP contribution in [0.2, 0.25) is 0 Å². The minimum Gasteiger partial charge on any atom is -0.394 e. The lowest BCUT2D eigenvalue weighted by Gasteiger charge is -2.02. The molecule has 0 bridgehead atoms. The number of unbranched alkanes of at least 4 members (excludes halogenated alkanes) is 1. The average Bonchev–Trinajstić information content (AvgIpc) is 2.18. The van der Waals surface area contributed by atoms with Crippen LogP contribution in [0.15, 0.2) is 0 Å². The fourth-order valence-electron chi connectivity index (χ4n) is 0.925. The number of hydrogen-bond acceptors (Lipinski definition) is 3. The van der Waals surface area contributed by atoms with E-state index in [-0.39, 0.29) is 11.9 Å². The van der Waals surface area contributed by atoms with Crippen molar-refractivity contribution < 1.29 is 12.7 Å². The summed E-state index contributed by atoms with van der Waals surface area (Å²) in [7, 11) is 0. The highest BCUT2D eigenvalue weighted by atomic mass is 127. The van der Waals surface area contributed by atoms with Gasteiger partial charge in [0.05, 0.1) is 0 Å². The summed E-state index contributed by atoms with van der Waals surface area (Å²) in [5.41, 5.74) is 0. The van der Waals surface area contributed by atoms with Gasteiger partial charge in [-0.05, 0) is 12.8 Å². The van der Waals surface area contributed by atoms with Gasteiger partial charge in [0.25, 0.3) is 0 Å². The van der Waals surface area contributed by atoms with E-state index in [4.69, 9.17) is 0 Å². The van der Waals surface area contributed by atoms with Gasteiger partial charge >= 0.3 is 5.97 Å². The Bertz CT molecular complexity index is 185. The van der Waals surface area contributed by atoms with Crippen molar-refractivity contribution >= 4 is 34.9 Å². The molecule has 0 fully saturated rings. The first-order valence-corrected chi connectivity index (χ1v) is 5.67. The third kappa shape index (κ3) is 8.28. The highest BCUT2D eigenvalue weighted by Crippen LogP contribution is 2.00. The van der Waals surface area contributed by atoms with Gasteiger partial charge in [0, 0.05) is 19.4 Å². The molecule has 1 amide bonds. The Labute approximate surface area is 98.5 Å². The lowest BCUT2D eigenvalue weighted by atomic mass is 10.2.